The van der Waals surface area contributed by atoms with Crippen LogP contribution < -0.4 is 15.8 Å². The van der Waals surface area contributed by atoms with Gasteiger partial charge in [-0.1, -0.05) is 6.42 Å². The molecular weight excluding hydrogens is 434 g/mol. The number of amides is 2. The highest BCUT2D eigenvalue weighted by atomic mass is 16.5. The van der Waals surface area contributed by atoms with Crippen molar-refractivity contribution in [2.75, 3.05) is 18.4 Å². The minimum Gasteiger partial charge on any atom is -0.439 e. The van der Waals surface area contributed by atoms with Gasteiger partial charge in [0.25, 0.3) is 0 Å². The van der Waals surface area contributed by atoms with Crippen molar-refractivity contribution < 1.29 is 14.3 Å². The van der Waals surface area contributed by atoms with Crippen molar-refractivity contribution in [3.05, 3.63) is 59.2 Å². The van der Waals surface area contributed by atoms with Gasteiger partial charge in [0.15, 0.2) is 5.82 Å². The van der Waals surface area contributed by atoms with Gasteiger partial charge in [0, 0.05) is 36.1 Å². The summed E-state index contributed by atoms with van der Waals surface area (Å²) in [6.45, 7) is 4.82. The smallest absolute Gasteiger partial charge is 0.248 e. The normalized spacial score (nSPS) is 16.3. The molecule has 3 heterocycles. The van der Waals surface area contributed by atoms with Crippen molar-refractivity contribution in [3.8, 4) is 11.6 Å². The summed E-state index contributed by atoms with van der Waals surface area (Å²) in [5.41, 5.74) is 7.44. The highest BCUT2D eigenvalue weighted by Crippen LogP contribution is 2.31. The van der Waals surface area contributed by atoms with E-state index in [1.165, 1.54) is 0 Å². The van der Waals surface area contributed by atoms with Gasteiger partial charge in [-0.3, -0.25) is 19.2 Å². The molecule has 178 valence electrons. The van der Waals surface area contributed by atoms with E-state index in [2.05, 4.69) is 25.3 Å². The van der Waals surface area contributed by atoms with Crippen LogP contribution in [0.5, 0.6) is 11.6 Å². The number of aromatic nitrogens is 4. The lowest BCUT2D eigenvalue weighted by atomic mass is 10.0. The molecule has 1 aliphatic heterocycles. The molecule has 0 radical (unpaired) electrons. The van der Waals surface area contributed by atoms with Crippen LogP contribution >= 0.6 is 0 Å². The Bertz CT molecular complexity index is 1170. The first kappa shape index (κ1) is 23.4. The van der Waals surface area contributed by atoms with Crippen molar-refractivity contribution in [3.63, 3.8) is 0 Å². The monoisotopic (exact) mass is 463 g/mol. The molecule has 4 rings (SSSR count). The lowest BCUT2D eigenvalue weighted by Crippen LogP contribution is -2.40. The van der Waals surface area contributed by atoms with Gasteiger partial charge in [0.05, 0.1) is 12.6 Å². The van der Waals surface area contributed by atoms with Crippen LogP contribution in [0.25, 0.3) is 0 Å². The third kappa shape index (κ3) is 5.57. The zero-order valence-corrected chi connectivity index (χ0v) is 19.6. The summed E-state index contributed by atoms with van der Waals surface area (Å²) < 4.78 is 7.65. The lowest BCUT2D eigenvalue weighted by molar-refractivity contribution is -0.118. The molecule has 10 heteroatoms. The number of nitrogens with zero attached hydrogens (tertiary/aromatic N) is 5. The molecule has 3 aromatic rings. The second-order valence-corrected chi connectivity index (χ2v) is 8.52. The predicted molar refractivity (Wildman–Crippen MR) is 127 cm³/mol. The fraction of sp³-hybridized carbons (Fsp3) is 0.375. The Kier molecular flexibility index (Phi) is 6.87. The number of benzene rings is 1. The summed E-state index contributed by atoms with van der Waals surface area (Å²) in [5, 5.41) is 7.18. The molecule has 34 heavy (non-hydrogen) atoms. The van der Waals surface area contributed by atoms with Crippen molar-refractivity contribution in [1.29, 1.82) is 0 Å². The van der Waals surface area contributed by atoms with Gasteiger partial charge >= 0.3 is 0 Å². The maximum Gasteiger partial charge on any atom is 0.248 e. The third-order valence-corrected chi connectivity index (χ3v) is 5.85. The minimum absolute atomic E-state index is 0.0931. The van der Waals surface area contributed by atoms with Crippen LogP contribution in [0, 0.1) is 13.8 Å². The number of rotatable bonds is 7. The first-order valence-electron chi connectivity index (χ1n) is 11.3. The second kappa shape index (κ2) is 10.0. The summed E-state index contributed by atoms with van der Waals surface area (Å²) in [4.78, 5) is 35.4. The van der Waals surface area contributed by atoms with Crippen LogP contribution in [0.3, 0.4) is 0 Å². The first-order valence-corrected chi connectivity index (χ1v) is 11.3. The summed E-state index contributed by atoms with van der Waals surface area (Å²) >= 11 is 0. The van der Waals surface area contributed by atoms with E-state index < -0.39 is 5.91 Å². The zero-order chi connectivity index (χ0) is 24.2. The summed E-state index contributed by atoms with van der Waals surface area (Å²) in [6, 6.07) is 10.1. The number of nitrogens with one attached hydrogen (secondary N) is 1. The van der Waals surface area contributed by atoms with Gasteiger partial charge in [-0.15, -0.1) is 0 Å². The van der Waals surface area contributed by atoms with Crippen molar-refractivity contribution in [2.24, 2.45) is 12.8 Å². The molecule has 1 fully saturated rings. The van der Waals surface area contributed by atoms with Crippen LogP contribution in [-0.4, -0.2) is 49.6 Å². The predicted octanol–water partition coefficient (Wildman–Crippen LogP) is 2.88. The second-order valence-electron chi connectivity index (χ2n) is 8.52. The topological polar surface area (TPSA) is 128 Å². The van der Waals surface area contributed by atoms with Crippen LogP contribution in [0.4, 0.5) is 5.82 Å². The average Bonchev–Trinajstić information content (AvgIpc) is 3.10. The molecule has 0 saturated carbocycles. The van der Waals surface area contributed by atoms with Gasteiger partial charge in [0.2, 0.25) is 17.7 Å². The maximum atomic E-state index is 12.7. The third-order valence-electron chi connectivity index (χ3n) is 5.85. The van der Waals surface area contributed by atoms with Crippen molar-refractivity contribution >= 4 is 17.6 Å². The molecule has 0 spiro atoms. The van der Waals surface area contributed by atoms with E-state index >= 15 is 0 Å². The molecule has 1 atom stereocenters. The molecule has 10 nitrogen and oxygen atoms in total. The quantitative estimate of drug-likeness (QED) is 0.551. The number of ether oxygens (including phenoxy) is 1. The van der Waals surface area contributed by atoms with E-state index in [1.807, 2.05) is 27.0 Å². The van der Waals surface area contributed by atoms with Gasteiger partial charge < -0.3 is 15.8 Å². The Hall–Kier alpha value is -3.79. The average molecular weight is 464 g/mol. The number of piperidine rings is 1. The number of carbonyl (C=O) groups is 2. The van der Waals surface area contributed by atoms with E-state index in [1.54, 1.807) is 35.0 Å². The van der Waals surface area contributed by atoms with E-state index in [9.17, 15) is 9.59 Å². The minimum atomic E-state index is -0.494. The number of likely N-dealkylation sites (tertiary alicyclic amines) is 1. The number of aryl methyl sites for hydroxylation is 3. The van der Waals surface area contributed by atoms with Gasteiger partial charge in [0.1, 0.15) is 11.6 Å². The molecule has 0 aliphatic carbocycles. The fourth-order valence-corrected chi connectivity index (χ4v) is 4.03. The fourth-order valence-electron chi connectivity index (χ4n) is 4.03. The summed E-state index contributed by atoms with van der Waals surface area (Å²) in [5.74, 6) is 1.51. The van der Waals surface area contributed by atoms with E-state index in [4.69, 9.17) is 10.5 Å². The Morgan fingerprint density at radius 3 is 2.59 bits per heavy atom. The molecule has 0 bridgehead atoms. The molecule has 1 saturated heterocycles. The van der Waals surface area contributed by atoms with Crippen molar-refractivity contribution in [2.45, 2.75) is 39.2 Å². The van der Waals surface area contributed by atoms with E-state index in [-0.39, 0.29) is 18.5 Å². The summed E-state index contributed by atoms with van der Waals surface area (Å²) in [7, 11) is 1.84. The zero-order valence-electron chi connectivity index (χ0n) is 19.6. The van der Waals surface area contributed by atoms with Crippen molar-refractivity contribution in [1.82, 2.24) is 24.6 Å². The number of carbonyl (C=O) groups excluding carboxylic acids is 2. The number of nitrogens with two attached hydrogens (primary N) is 1. The molecule has 0 unspecified atom stereocenters. The van der Waals surface area contributed by atoms with Crippen LogP contribution in [-0.2, 0) is 11.8 Å². The molecule has 1 aliphatic rings. The highest BCUT2D eigenvalue weighted by Gasteiger charge is 2.28. The Labute approximate surface area is 198 Å². The van der Waals surface area contributed by atoms with Gasteiger partial charge in [-0.05, 0) is 57.5 Å². The Balaban J connectivity index is 1.48. The molecular formula is C24H29N7O3. The van der Waals surface area contributed by atoms with Crippen LogP contribution in [0.15, 0.2) is 36.4 Å². The van der Waals surface area contributed by atoms with E-state index in [0.29, 0.717) is 28.8 Å². The highest BCUT2D eigenvalue weighted by molar-refractivity contribution is 5.93. The SMILES string of the molecule is Cc1cc(Oc2ccc(C(N)=O)cc2)nc([C@H]2CCCCN2CC(=O)Nc2cc(C)n(C)n2)n1. The Morgan fingerprint density at radius 1 is 1.15 bits per heavy atom. The molecule has 2 aromatic heterocycles. The van der Waals surface area contributed by atoms with Gasteiger partial charge in [-0.25, -0.2) is 4.98 Å². The molecule has 2 amide bonds. The number of hydrogen-bond acceptors (Lipinski definition) is 7. The number of anilines is 1. The first-order chi connectivity index (χ1) is 16.3. The maximum absolute atomic E-state index is 12.7. The number of primary amides is 1. The Morgan fingerprint density at radius 2 is 1.91 bits per heavy atom. The number of hydrogen-bond donors (Lipinski definition) is 2. The van der Waals surface area contributed by atoms with E-state index in [0.717, 1.165) is 37.2 Å². The standard InChI is InChI=1S/C24H29N7O3/c1-15-12-22(34-18-9-7-17(8-10-18)23(25)33)28-24(26-15)19-6-4-5-11-31(19)14-21(32)27-20-13-16(2)30(3)29-20/h7-10,12-13,19H,4-6,11,14H2,1-3H3,(H2,25,33)(H,27,29,32)/t19-/m1/s1. The van der Waals surface area contributed by atoms with Crippen LogP contribution in [0.2, 0.25) is 0 Å². The molecule has 1 aromatic carbocycles. The lowest BCUT2D eigenvalue weighted by Gasteiger charge is -2.34. The molecule has 3 N–H and O–H groups in total. The largest absolute Gasteiger partial charge is 0.439 e. The van der Waals surface area contributed by atoms with Gasteiger partial charge in [-0.2, -0.15) is 10.1 Å². The summed E-state index contributed by atoms with van der Waals surface area (Å²) in [6.07, 6.45) is 2.89. The van der Waals surface area contributed by atoms with Crippen LogP contribution in [0.1, 0.15) is 52.9 Å².